The van der Waals surface area contributed by atoms with E-state index in [0.717, 1.165) is 12.1 Å². The lowest BCUT2D eigenvalue weighted by atomic mass is 9.81. The molecule has 1 fully saturated rings. The van der Waals surface area contributed by atoms with Gasteiger partial charge < -0.3 is 15.7 Å². The Kier molecular flexibility index (Phi) is 8.34. The number of nitrogens with one attached hydrogen (secondary N) is 3. The quantitative estimate of drug-likeness (QED) is 0.457. The number of hydrogen-bond acceptors (Lipinski definition) is 5. The third-order valence-electron chi connectivity index (χ3n) is 4.76. The minimum Gasteiger partial charge on any atom is -0.395 e. The van der Waals surface area contributed by atoms with Gasteiger partial charge in [0, 0.05) is 19.0 Å². The lowest BCUT2D eigenvalue weighted by Gasteiger charge is -2.27. The van der Waals surface area contributed by atoms with Crippen molar-refractivity contribution in [3.05, 3.63) is 30.1 Å². The summed E-state index contributed by atoms with van der Waals surface area (Å²) in [5.41, 5.74) is 0. The monoisotopic (exact) mass is 415 g/mol. The average Bonchev–Trinajstić information content (AvgIpc) is 2.69. The number of sulfonamides is 1. The molecule has 10 heteroatoms. The van der Waals surface area contributed by atoms with Gasteiger partial charge in [0.1, 0.15) is 5.82 Å². The van der Waals surface area contributed by atoms with Crippen LogP contribution in [0.3, 0.4) is 0 Å². The van der Waals surface area contributed by atoms with E-state index in [-0.39, 0.29) is 54.8 Å². The molecule has 0 spiro atoms. The minimum absolute atomic E-state index is 0.0152. The van der Waals surface area contributed by atoms with Crippen LogP contribution in [0.4, 0.5) is 4.39 Å². The second-order valence-electron chi connectivity index (χ2n) is 6.81. The van der Waals surface area contributed by atoms with Crippen LogP contribution in [0, 0.1) is 17.7 Å². The van der Waals surface area contributed by atoms with Gasteiger partial charge in [0.15, 0.2) is 0 Å². The lowest BCUT2D eigenvalue weighted by Crippen LogP contribution is -2.41. The summed E-state index contributed by atoms with van der Waals surface area (Å²) in [5.74, 6) is -1.13. The van der Waals surface area contributed by atoms with Crippen molar-refractivity contribution in [2.24, 2.45) is 11.8 Å². The highest BCUT2D eigenvalue weighted by atomic mass is 32.2. The number of hydrogen-bond donors (Lipinski definition) is 4. The highest BCUT2D eigenvalue weighted by Crippen LogP contribution is 2.28. The third-order valence-corrected chi connectivity index (χ3v) is 6.20. The van der Waals surface area contributed by atoms with Gasteiger partial charge >= 0.3 is 0 Å². The van der Waals surface area contributed by atoms with E-state index < -0.39 is 15.8 Å². The molecule has 156 valence electrons. The van der Waals surface area contributed by atoms with E-state index in [4.69, 9.17) is 5.11 Å². The SMILES string of the molecule is O=C(CNC(=O)C1CCC(CNS(=O)(=O)c2ccc(F)cc2)CC1)NCCO. The van der Waals surface area contributed by atoms with Crippen molar-refractivity contribution in [1.29, 1.82) is 0 Å². The first-order valence-corrected chi connectivity index (χ1v) is 10.7. The van der Waals surface area contributed by atoms with E-state index in [2.05, 4.69) is 15.4 Å². The molecule has 8 nitrogen and oxygen atoms in total. The fourth-order valence-corrected chi connectivity index (χ4v) is 4.24. The molecule has 0 heterocycles. The van der Waals surface area contributed by atoms with E-state index in [1.54, 1.807) is 0 Å². The minimum atomic E-state index is -3.69. The fourth-order valence-electron chi connectivity index (χ4n) is 3.12. The molecule has 0 aromatic heterocycles. The van der Waals surface area contributed by atoms with Crippen molar-refractivity contribution in [1.82, 2.24) is 15.4 Å². The molecule has 1 saturated carbocycles. The molecule has 1 aromatic rings. The highest BCUT2D eigenvalue weighted by molar-refractivity contribution is 7.89. The molecule has 0 radical (unpaired) electrons. The maximum atomic E-state index is 12.9. The van der Waals surface area contributed by atoms with Crippen molar-refractivity contribution >= 4 is 21.8 Å². The van der Waals surface area contributed by atoms with Crippen molar-refractivity contribution in [3.63, 3.8) is 0 Å². The molecular formula is C18H26FN3O5S. The summed E-state index contributed by atoms with van der Waals surface area (Å²) in [4.78, 5) is 23.6. The molecule has 0 aliphatic heterocycles. The molecular weight excluding hydrogens is 389 g/mol. The number of aliphatic hydroxyl groups is 1. The van der Waals surface area contributed by atoms with Gasteiger partial charge in [-0.05, 0) is 55.9 Å². The zero-order valence-corrected chi connectivity index (χ0v) is 16.3. The van der Waals surface area contributed by atoms with Gasteiger partial charge in [-0.25, -0.2) is 17.5 Å². The number of amides is 2. The van der Waals surface area contributed by atoms with Crippen LogP contribution in [-0.4, -0.2) is 51.6 Å². The van der Waals surface area contributed by atoms with Gasteiger partial charge in [-0.1, -0.05) is 0 Å². The van der Waals surface area contributed by atoms with E-state index in [1.165, 1.54) is 12.1 Å². The Bertz CT molecular complexity index is 762. The Morgan fingerprint density at radius 2 is 1.71 bits per heavy atom. The second kappa shape index (κ2) is 10.5. The molecule has 4 N–H and O–H groups in total. The molecule has 1 aliphatic rings. The molecule has 1 aliphatic carbocycles. The summed E-state index contributed by atoms with van der Waals surface area (Å²) < 4.78 is 39.9. The zero-order chi connectivity index (χ0) is 20.6. The van der Waals surface area contributed by atoms with Crippen LogP contribution < -0.4 is 15.4 Å². The third kappa shape index (κ3) is 6.84. The number of halogens is 1. The number of carbonyl (C=O) groups is 2. The van der Waals surface area contributed by atoms with E-state index in [1.807, 2.05) is 0 Å². The maximum Gasteiger partial charge on any atom is 0.240 e. The Labute approximate surface area is 163 Å². The Morgan fingerprint density at radius 3 is 2.32 bits per heavy atom. The number of benzene rings is 1. The van der Waals surface area contributed by atoms with Crippen LogP contribution in [0.2, 0.25) is 0 Å². The van der Waals surface area contributed by atoms with E-state index in [9.17, 15) is 22.4 Å². The molecule has 0 atom stereocenters. The van der Waals surface area contributed by atoms with E-state index >= 15 is 0 Å². The second-order valence-corrected chi connectivity index (χ2v) is 8.58. The largest absolute Gasteiger partial charge is 0.395 e. The van der Waals surface area contributed by atoms with Crippen LogP contribution in [0.5, 0.6) is 0 Å². The van der Waals surface area contributed by atoms with Crippen molar-refractivity contribution in [2.75, 3.05) is 26.2 Å². The summed E-state index contributed by atoms with van der Waals surface area (Å²) in [6, 6.07) is 4.64. The van der Waals surface area contributed by atoms with Gasteiger partial charge in [-0.3, -0.25) is 9.59 Å². The average molecular weight is 415 g/mol. The normalized spacial score (nSPS) is 19.8. The zero-order valence-electron chi connectivity index (χ0n) is 15.5. The van der Waals surface area contributed by atoms with Crippen LogP contribution >= 0.6 is 0 Å². The van der Waals surface area contributed by atoms with Gasteiger partial charge in [0.05, 0.1) is 18.0 Å². The first-order valence-electron chi connectivity index (χ1n) is 9.22. The van der Waals surface area contributed by atoms with Gasteiger partial charge in [0.2, 0.25) is 21.8 Å². The van der Waals surface area contributed by atoms with Crippen molar-refractivity contribution < 1.29 is 27.5 Å². The van der Waals surface area contributed by atoms with Crippen molar-refractivity contribution in [2.45, 2.75) is 30.6 Å². The number of aliphatic hydroxyl groups excluding tert-OH is 1. The summed E-state index contributed by atoms with van der Waals surface area (Å²) in [7, 11) is -3.69. The summed E-state index contributed by atoms with van der Waals surface area (Å²) in [6.45, 7) is 0.121. The van der Waals surface area contributed by atoms with Crippen LogP contribution in [-0.2, 0) is 19.6 Å². The topological polar surface area (TPSA) is 125 Å². The van der Waals surface area contributed by atoms with Gasteiger partial charge in [0.25, 0.3) is 0 Å². The van der Waals surface area contributed by atoms with Crippen LogP contribution in [0.25, 0.3) is 0 Å². The van der Waals surface area contributed by atoms with Crippen LogP contribution in [0.1, 0.15) is 25.7 Å². The predicted octanol–water partition coefficient (Wildman–Crippen LogP) is 0.135. The first kappa shape index (κ1) is 22.3. The molecule has 0 bridgehead atoms. The molecule has 0 unspecified atom stereocenters. The highest BCUT2D eigenvalue weighted by Gasteiger charge is 2.27. The Balaban J connectivity index is 1.72. The summed E-state index contributed by atoms with van der Waals surface area (Å²) >= 11 is 0. The fraction of sp³-hybridized carbons (Fsp3) is 0.556. The summed E-state index contributed by atoms with van der Waals surface area (Å²) in [5, 5.41) is 13.7. The Hall–Kier alpha value is -2.04. The number of rotatable bonds is 9. The Morgan fingerprint density at radius 1 is 1.07 bits per heavy atom. The molecule has 2 rings (SSSR count). The predicted molar refractivity (Wildman–Crippen MR) is 100 cm³/mol. The van der Waals surface area contributed by atoms with E-state index in [0.29, 0.717) is 25.7 Å². The molecule has 1 aromatic carbocycles. The molecule has 2 amide bonds. The molecule has 28 heavy (non-hydrogen) atoms. The maximum absolute atomic E-state index is 12.9. The molecule has 0 saturated heterocycles. The van der Waals surface area contributed by atoms with Crippen molar-refractivity contribution in [3.8, 4) is 0 Å². The standard InChI is InChI=1S/C18H26FN3O5S/c19-15-5-7-16(8-6-15)28(26,27)22-11-13-1-3-14(4-2-13)18(25)21-12-17(24)20-9-10-23/h5-8,13-14,22-23H,1-4,9-12H2,(H,20,24)(H,21,25). The smallest absolute Gasteiger partial charge is 0.240 e. The summed E-state index contributed by atoms with van der Waals surface area (Å²) in [6.07, 6.45) is 2.63. The van der Waals surface area contributed by atoms with Gasteiger partial charge in [-0.15, -0.1) is 0 Å². The van der Waals surface area contributed by atoms with Crippen LogP contribution in [0.15, 0.2) is 29.2 Å². The first-order chi connectivity index (χ1) is 13.3. The number of carbonyl (C=O) groups excluding carboxylic acids is 2. The van der Waals surface area contributed by atoms with Gasteiger partial charge in [-0.2, -0.15) is 0 Å². The lowest BCUT2D eigenvalue weighted by molar-refractivity contribution is -0.129.